The summed E-state index contributed by atoms with van der Waals surface area (Å²) in [6.45, 7) is 1.40. The van der Waals surface area contributed by atoms with Crippen molar-refractivity contribution in [3.05, 3.63) is 93.5 Å². The number of hydrogen-bond donors (Lipinski definition) is 2. The molecule has 0 fully saturated rings. The van der Waals surface area contributed by atoms with E-state index in [0.29, 0.717) is 32.4 Å². The average Bonchev–Trinajstić information content (AvgIpc) is 2.76. The van der Waals surface area contributed by atoms with Crippen LogP contribution in [0.3, 0.4) is 0 Å². The number of hydrazone groups is 1. The van der Waals surface area contributed by atoms with Gasteiger partial charge in [0.1, 0.15) is 5.75 Å². The van der Waals surface area contributed by atoms with E-state index in [-0.39, 0.29) is 11.7 Å². The van der Waals surface area contributed by atoms with Gasteiger partial charge in [-0.05, 0) is 66.7 Å². The summed E-state index contributed by atoms with van der Waals surface area (Å²) < 4.78 is 5.43. The van der Waals surface area contributed by atoms with Crippen LogP contribution in [0.25, 0.3) is 0 Å². The monoisotopic (exact) mass is 469 g/mol. The van der Waals surface area contributed by atoms with Gasteiger partial charge in [0.2, 0.25) is 5.91 Å². The number of benzene rings is 3. The first-order valence-electron chi connectivity index (χ1n) is 9.30. The molecule has 3 aromatic carbocycles. The second-order valence-corrected chi connectivity index (χ2v) is 7.41. The first-order chi connectivity index (χ1) is 15.3. The largest absolute Gasteiger partial charge is 0.422 e. The van der Waals surface area contributed by atoms with Crippen LogP contribution < -0.4 is 15.5 Å². The molecular formula is C23H17Cl2N3O4. The summed E-state index contributed by atoms with van der Waals surface area (Å²) in [6.07, 6.45) is 1.32. The highest BCUT2D eigenvalue weighted by atomic mass is 35.5. The summed E-state index contributed by atoms with van der Waals surface area (Å²) in [4.78, 5) is 35.7. The summed E-state index contributed by atoms with van der Waals surface area (Å²) in [6, 6.07) is 17.2. The molecule has 7 nitrogen and oxygen atoms in total. The summed E-state index contributed by atoms with van der Waals surface area (Å²) in [5, 5.41) is 7.44. The van der Waals surface area contributed by atoms with Crippen molar-refractivity contribution < 1.29 is 19.1 Å². The molecule has 32 heavy (non-hydrogen) atoms. The third kappa shape index (κ3) is 6.41. The molecule has 0 aliphatic carbocycles. The van der Waals surface area contributed by atoms with E-state index in [0.717, 1.165) is 0 Å². The number of ether oxygens (including phenoxy) is 1. The molecular weight excluding hydrogens is 453 g/mol. The van der Waals surface area contributed by atoms with E-state index >= 15 is 0 Å². The third-order valence-corrected chi connectivity index (χ3v) is 4.58. The smallest absolute Gasteiger partial charge is 0.343 e. The fraction of sp³-hybridized carbons (Fsp3) is 0.0435. The molecule has 0 aliphatic heterocycles. The molecule has 9 heteroatoms. The lowest BCUT2D eigenvalue weighted by atomic mass is 10.2. The second kappa shape index (κ2) is 10.6. The SMILES string of the molecule is CC(=O)Nc1ccc(C(=O)N/N=C/c2cc(Cl)ccc2OC(=O)c2ccc(Cl)cc2)cc1. The lowest BCUT2D eigenvalue weighted by Gasteiger charge is -2.08. The van der Waals surface area contributed by atoms with Gasteiger partial charge in [0.15, 0.2) is 0 Å². The number of carbonyl (C=O) groups excluding carboxylic acids is 3. The minimum absolute atomic E-state index is 0.208. The van der Waals surface area contributed by atoms with Gasteiger partial charge in [-0.15, -0.1) is 0 Å². The molecule has 0 aromatic heterocycles. The van der Waals surface area contributed by atoms with E-state index in [1.807, 2.05) is 0 Å². The van der Waals surface area contributed by atoms with E-state index in [9.17, 15) is 14.4 Å². The number of esters is 1. The van der Waals surface area contributed by atoms with Gasteiger partial charge < -0.3 is 10.1 Å². The maximum atomic E-state index is 12.4. The molecule has 0 aliphatic rings. The Bertz CT molecular complexity index is 1180. The highest BCUT2D eigenvalue weighted by Gasteiger charge is 2.12. The number of nitrogens with zero attached hydrogens (tertiary/aromatic N) is 1. The van der Waals surface area contributed by atoms with E-state index in [4.69, 9.17) is 27.9 Å². The van der Waals surface area contributed by atoms with Crippen molar-refractivity contribution in [2.24, 2.45) is 5.10 Å². The predicted molar refractivity (Wildman–Crippen MR) is 124 cm³/mol. The van der Waals surface area contributed by atoms with Crippen molar-refractivity contribution in [2.75, 3.05) is 5.32 Å². The zero-order valence-electron chi connectivity index (χ0n) is 16.8. The summed E-state index contributed by atoms with van der Waals surface area (Å²) in [5.41, 5.74) is 4.02. The Morgan fingerprint density at radius 2 is 1.50 bits per heavy atom. The van der Waals surface area contributed by atoms with Gasteiger partial charge in [-0.25, -0.2) is 10.2 Å². The standard InChI is InChI=1S/C23H17Cl2N3O4/c1-14(29)27-20-9-4-15(5-10-20)22(30)28-26-13-17-12-19(25)8-11-21(17)32-23(31)16-2-6-18(24)7-3-16/h2-13H,1H3,(H,27,29)(H,28,30)/b26-13+. The fourth-order valence-corrected chi connectivity index (χ4v) is 2.90. The minimum Gasteiger partial charge on any atom is -0.422 e. The summed E-state index contributed by atoms with van der Waals surface area (Å²) >= 11 is 11.9. The number of rotatable bonds is 6. The second-order valence-electron chi connectivity index (χ2n) is 6.54. The Morgan fingerprint density at radius 3 is 2.16 bits per heavy atom. The molecule has 0 unspecified atom stereocenters. The van der Waals surface area contributed by atoms with Crippen LogP contribution in [0.15, 0.2) is 71.8 Å². The highest BCUT2D eigenvalue weighted by Crippen LogP contribution is 2.23. The fourth-order valence-electron chi connectivity index (χ4n) is 2.59. The quantitative estimate of drug-likeness (QED) is 0.231. The highest BCUT2D eigenvalue weighted by molar-refractivity contribution is 6.31. The van der Waals surface area contributed by atoms with E-state index in [1.54, 1.807) is 60.7 Å². The lowest BCUT2D eigenvalue weighted by molar-refractivity contribution is -0.114. The normalized spacial score (nSPS) is 10.6. The van der Waals surface area contributed by atoms with Crippen molar-refractivity contribution in [1.82, 2.24) is 5.43 Å². The van der Waals surface area contributed by atoms with Gasteiger partial charge in [0, 0.05) is 33.8 Å². The molecule has 3 rings (SSSR count). The first-order valence-corrected chi connectivity index (χ1v) is 10.1. The van der Waals surface area contributed by atoms with Crippen LogP contribution in [0, 0.1) is 0 Å². The van der Waals surface area contributed by atoms with Gasteiger partial charge in [-0.2, -0.15) is 5.10 Å². The number of hydrogen-bond acceptors (Lipinski definition) is 5. The van der Waals surface area contributed by atoms with Crippen LogP contribution in [-0.2, 0) is 4.79 Å². The topological polar surface area (TPSA) is 96.9 Å². The Labute approximate surface area is 194 Å². The van der Waals surface area contributed by atoms with Crippen LogP contribution in [0.2, 0.25) is 10.0 Å². The molecule has 0 spiro atoms. The Hall–Kier alpha value is -3.68. The van der Waals surface area contributed by atoms with Crippen LogP contribution in [0.5, 0.6) is 5.75 Å². The third-order valence-electron chi connectivity index (χ3n) is 4.09. The molecule has 0 heterocycles. The number of amides is 2. The van der Waals surface area contributed by atoms with Crippen LogP contribution >= 0.6 is 23.2 Å². The molecule has 0 saturated carbocycles. The molecule has 3 aromatic rings. The predicted octanol–water partition coefficient (Wildman–Crippen LogP) is 4.93. The van der Waals surface area contributed by atoms with Gasteiger partial charge in [0.25, 0.3) is 5.91 Å². The summed E-state index contributed by atoms with van der Waals surface area (Å²) in [7, 11) is 0. The zero-order valence-corrected chi connectivity index (χ0v) is 18.3. The van der Waals surface area contributed by atoms with Crippen molar-refractivity contribution in [3.8, 4) is 5.75 Å². The molecule has 2 amide bonds. The molecule has 0 saturated heterocycles. The average molecular weight is 470 g/mol. The maximum absolute atomic E-state index is 12.4. The molecule has 2 N–H and O–H groups in total. The maximum Gasteiger partial charge on any atom is 0.343 e. The Kier molecular flexibility index (Phi) is 7.59. The molecule has 0 radical (unpaired) electrons. The van der Waals surface area contributed by atoms with Crippen molar-refractivity contribution in [1.29, 1.82) is 0 Å². The van der Waals surface area contributed by atoms with Crippen molar-refractivity contribution >= 4 is 52.9 Å². The summed E-state index contributed by atoms with van der Waals surface area (Å²) in [5.74, 6) is -1.04. The number of carbonyl (C=O) groups is 3. The minimum atomic E-state index is -0.582. The van der Waals surface area contributed by atoms with Gasteiger partial charge in [-0.3, -0.25) is 9.59 Å². The zero-order chi connectivity index (χ0) is 23.1. The molecule has 162 valence electrons. The lowest BCUT2D eigenvalue weighted by Crippen LogP contribution is -2.18. The van der Waals surface area contributed by atoms with E-state index in [2.05, 4.69) is 15.8 Å². The number of nitrogens with one attached hydrogen (secondary N) is 2. The number of halogens is 2. The van der Waals surface area contributed by atoms with Crippen LogP contribution in [0.4, 0.5) is 5.69 Å². The van der Waals surface area contributed by atoms with Gasteiger partial charge in [0.05, 0.1) is 11.8 Å². The van der Waals surface area contributed by atoms with E-state index in [1.165, 1.54) is 19.2 Å². The van der Waals surface area contributed by atoms with Crippen molar-refractivity contribution in [2.45, 2.75) is 6.92 Å². The van der Waals surface area contributed by atoms with E-state index < -0.39 is 11.9 Å². The first kappa shape index (κ1) is 23.0. The van der Waals surface area contributed by atoms with Gasteiger partial charge >= 0.3 is 5.97 Å². The van der Waals surface area contributed by atoms with Crippen LogP contribution in [0.1, 0.15) is 33.2 Å². The Morgan fingerprint density at radius 1 is 0.875 bits per heavy atom. The molecule has 0 bridgehead atoms. The molecule has 0 atom stereocenters. The Balaban J connectivity index is 1.69. The number of anilines is 1. The van der Waals surface area contributed by atoms with Crippen LogP contribution in [-0.4, -0.2) is 24.0 Å². The van der Waals surface area contributed by atoms with Crippen molar-refractivity contribution in [3.63, 3.8) is 0 Å². The van der Waals surface area contributed by atoms with Gasteiger partial charge in [-0.1, -0.05) is 23.2 Å².